The van der Waals surface area contributed by atoms with Gasteiger partial charge in [-0.3, -0.25) is 4.79 Å². The van der Waals surface area contributed by atoms with E-state index in [1.54, 1.807) is 44.2 Å². The Morgan fingerprint density at radius 3 is 1.51 bits per heavy atom. The van der Waals surface area contributed by atoms with Crippen LogP contribution in [0.25, 0.3) is 0 Å². The molecule has 0 radical (unpaired) electrons. The standard InChI is InChI=1S/C31H34O8/c1-20(2)30(34)38-28-25(33)29(39-31(35)23-16-10-5-11-17-23)27(37-19-22-14-8-4-9-15-22)24(32)26(28)36-18-21-12-6-3-7-13-21/h3-17,20,24-29,32-33H,18-19H2,1-2H3/t24-,25+,26-,27+,28-,29+/m0/s1. The predicted octanol–water partition coefficient (Wildman–Crippen LogP) is 3.69. The van der Waals surface area contributed by atoms with Gasteiger partial charge >= 0.3 is 11.9 Å². The molecule has 39 heavy (non-hydrogen) atoms. The van der Waals surface area contributed by atoms with Crippen LogP contribution in [0.3, 0.4) is 0 Å². The number of esters is 2. The van der Waals surface area contributed by atoms with Gasteiger partial charge in [0.15, 0.2) is 12.2 Å². The van der Waals surface area contributed by atoms with Crippen molar-refractivity contribution in [2.45, 2.75) is 63.7 Å². The summed E-state index contributed by atoms with van der Waals surface area (Å²) in [6, 6.07) is 26.9. The Morgan fingerprint density at radius 2 is 1.05 bits per heavy atom. The molecule has 8 nitrogen and oxygen atoms in total. The van der Waals surface area contributed by atoms with E-state index in [-0.39, 0.29) is 18.8 Å². The number of benzene rings is 3. The minimum absolute atomic E-state index is 0.0799. The summed E-state index contributed by atoms with van der Waals surface area (Å²) < 4.78 is 23.5. The lowest BCUT2D eigenvalue weighted by molar-refractivity contribution is -0.257. The van der Waals surface area contributed by atoms with Gasteiger partial charge in [-0.1, -0.05) is 92.7 Å². The average molecular weight is 535 g/mol. The number of ether oxygens (including phenoxy) is 4. The average Bonchev–Trinajstić information content (AvgIpc) is 2.96. The molecule has 0 aliphatic heterocycles. The summed E-state index contributed by atoms with van der Waals surface area (Å²) in [7, 11) is 0. The van der Waals surface area contributed by atoms with Gasteiger partial charge < -0.3 is 29.2 Å². The molecule has 1 fully saturated rings. The summed E-state index contributed by atoms with van der Waals surface area (Å²) in [4.78, 5) is 25.6. The molecule has 1 aliphatic rings. The second-order valence-electron chi connectivity index (χ2n) is 9.80. The maximum absolute atomic E-state index is 13.0. The number of hydrogen-bond donors (Lipinski definition) is 2. The first-order valence-corrected chi connectivity index (χ1v) is 13.0. The maximum atomic E-state index is 13.0. The van der Waals surface area contributed by atoms with Crippen LogP contribution in [0, 0.1) is 5.92 Å². The molecule has 0 saturated heterocycles. The number of carbonyl (C=O) groups excluding carboxylic acids is 2. The Kier molecular flexibility index (Phi) is 9.84. The maximum Gasteiger partial charge on any atom is 0.338 e. The van der Waals surface area contributed by atoms with Gasteiger partial charge in [0, 0.05) is 0 Å². The van der Waals surface area contributed by atoms with E-state index < -0.39 is 54.5 Å². The lowest BCUT2D eigenvalue weighted by Crippen LogP contribution is -2.67. The molecule has 206 valence electrons. The molecule has 2 N–H and O–H groups in total. The fraction of sp³-hybridized carbons (Fsp3) is 0.355. The zero-order valence-electron chi connectivity index (χ0n) is 22.0. The summed E-state index contributed by atoms with van der Waals surface area (Å²) in [6.07, 6.45) is -7.94. The van der Waals surface area contributed by atoms with Gasteiger partial charge in [0.25, 0.3) is 0 Å². The Bertz CT molecular complexity index is 1180. The molecular weight excluding hydrogens is 500 g/mol. The largest absolute Gasteiger partial charge is 0.456 e. The fourth-order valence-corrected chi connectivity index (χ4v) is 4.38. The van der Waals surface area contributed by atoms with Crippen molar-refractivity contribution in [3.8, 4) is 0 Å². The van der Waals surface area contributed by atoms with E-state index in [2.05, 4.69) is 0 Å². The molecule has 0 amide bonds. The highest BCUT2D eigenvalue weighted by Gasteiger charge is 2.55. The van der Waals surface area contributed by atoms with Crippen LogP contribution in [0.5, 0.6) is 0 Å². The van der Waals surface area contributed by atoms with E-state index in [9.17, 15) is 19.8 Å². The van der Waals surface area contributed by atoms with Gasteiger partial charge in [-0.2, -0.15) is 0 Å². The highest BCUT2D eigenvalue weighted by Crippen LogP contribution is 2.32. The first-order valence-electron chi connectivity index (χ1n) is 13.0. The Balaban J connectivity index is 1.64. The minimum Gasteiger partial charge on any atom is -0.456 e. The minimum atomic E-state index is -1.54. The number of rotatable bonds is 10. The molecule has 3 aromatic carbocycles. The molecule has 0 aromatic heterocycles. The summed E-state index contributed by atoms with van der Waals surface area (Å²) in [6.45, 7) is 3.49. The third-order valence-electron chi connectivity index (χ3n) is 6.54. The number of aliphatic hydroxyl groups is 2. The second kappa shape index (κ2) is 13.5. The number of hydrogen-bond acceptors (Lipinski definition) is 8. The van der Waals surface area contributed by atoms with Crippen molar-refractivity contribution in [2.75, 3.05) is 0 Å². The SMILES string of the molecule is CC(C)C(=O)O[C@H]1[C@@H](O)[C@@H](OC(=O)c2ccccc2)[C@H](OCc2ccccc2)[C@@H](O)[C@@H]1OCc1ccccc1. The van der Waals surface area contributed by atoms with Crippen LogP contribution in [-0.2, 0) is 37.0 Å². The summed E-state index contributed by atoms with van der Waals surface area (Å²) in [5, 5.41) is 23.0. The van der Waals surface area contributed by atoms with Gasteiger partial charge in [-0.05, 0) is 23.3 Å². The molecule has 0 spiro atoms. The summed E-state index contributed by atoms with van der Waals surface area (Å²) in [5.41, 5.74) is 1.91. The quantitative estimate of drug-likeness (QED) is 0.379. The zero-order chi connectivity index (χ0) is 27.8. The summed E-state index contributed by atoms with van der Waals surface area (Å²) >= 11 is 0. The molecule has 0 unspecified atom stereocenters. The van der Waals surface area contributed by atoms with Crippen LogP contribution in [0.15, 0.2) is 91.0 Å². The van der Waals surface area contributed by atoms with Crippen LogP contribution in [0.4, 0.5) is 0 Å². The van der Waals surface area contributed by atoms with Gasteiger partial charge in [-0.25, -0.2) is 4.79 Å². The van der Waals surface area contributed by atoms with Crippen LogP contribution in [0.2, 0.25) is 0 Å². The van der Waals surface area contributed by atoms with Crippen LogP contribution >= 0.6 is 0 Å². The number of carbonyl (C=O) groups is 2. The molecule has 1 aliphatic carbocycles. The first kappa shape index (κ1) is 28.4. The van der Waals surface area contributed by atoms with Gasteiger partial charge in [0.05, 0.1) is 24.7 Å². The lowest BCUT2D eigenvalue weighted by Gasteiger charge is -2.46. The van der Waals surface area contributed by atoms with Crippen LogP contribution in [-0.4, -0.2) is 58.8 Å². The van der Waals surface area contributed by atoms with E-state index in [1.165, 1.54) is 0 Å². The van der Waals surface area contributed by atoms with Crippen molar-refractivity contribution in [3.63, 3.8) is 0 Å². The lowest BCUT2D eigenvalue weighted by atomic mass is 9.84. The van der Waals surface area contributed by atoms with E-state index in [0.717, 1.165) is 11.1 Å². The van der Waals surface area contributed by atoms with Gasteiger partial charge in [0.1, 0.15) is 24.4 Å². The monoisotopic (exact) mass is 534 g/mol. The molecule has 6 atom stereocenters. The van der Waals surface area contributed by atoms with E-state index in [1.807, 2.05) is 60.7 Å². The van der Waals surface area contributed by atoms with Gasteiger partial charge in [0.2, 0.25) is 0 Å². The highest BCUT2D eigenvalue weighted by atomic mass is 16.6. The van der Waals surface area contributed by atoms with Crippen molar-refractivity contribution >= 4 is 11.9 Å². The molecule has 0 bridgehead atoms. The first-order chi connectivity index (χ1) is 18.8. The van der Waals surface area contributed by atoms with Crippen molar-refractivity contribution in [3.05, 3.63) is 108 Å². The van der Waals surface area contributed by atoms with E-state index >= 15 is 0 Å². The van der Waals surface area contributed by atoms with Crippen molar-refractivity contribution in [1.82, 2.24) is 0 Å². The van der Waals surface area contributed by atoms with Crippen molar-refractivity contribution < 1.29 is 38.7 Å². The zero-order valence-corrected chi connectivity index (χ0v) is 22.0. The third-order valence-corrected chi connectivity index (χ3v) is 6.54. The molecule has 8 heteroatoms. The van der Waals surface area contributed by atoms with E-state index in [4.69, 9.17) is 18.9 Å². The van der Waals surface area contributed by atoms with E-state index in [0.29, 0.717) is 0 Å². The normalized spacial score (nSPS) is 24.7. The molecule has 3 aromatic rings. The smallest absolute Gasteiger partial charge is 0.338 e. The predicted molar refractivity (Wildman–Crippen MR) is 142 cm³/mol. The highest BCUT2D eigenvalue weighted by molar-refractivity contribution is 5.89. The molecular formula is C31H34O8. The van der Waals surface area contributed by atoms with Crippen molar-refractivity contribution in [2.24, 2.45) is 5.92 Å². The summed E-state index contributed by atoms with van der Waals surface area (Å²) in [5.74, 6) is -1.80. The van der Waals surface area contributed by atoms with Gasteiger partial charge in [-0.15, -0.1) is 0 Å². The van der Waals surface area contributed by atoms with Crippen LogP contribution < -0.4 is 0 Å². The number of aliphatic hydroxyl groups excluding tert-OH is 2. The van der Waals surface area contributed by atoms with Crippen molar-refractivity contribution in [1.29, 1.82) is 0 Å². The second-order valence-corrected chi connectivity index (χ2v) is 9.80. The third kappa shape index (κ3) is 7.30. The Hall–Kier alpha value is -3.56. The topological polar surface area (TPSA) is 112 Å². The fourth-order valence-electron chi connectivity index (χ4n) is 4.38. The molecule has 1 saturated carbocycles. The molecule has 4 rings (SSSR count). The molecule has 0 heterocycles. The van der Waals surface area contributed by atoms with Crippen LogP contribution in [0.1, 0.15) is 35.3 Å². The Morgan fingerprint density at radius 1 is 0.641 bits per heavy atom. The Labute approximate surface area is 228 Å².